The van der Waals surface area contributed by atoms with E-state index in [4.69, 9.17) is 19.9 Å². The quantitative estimate of drug-likeness (QED) is 0.241. The summed E-state index contributed by atoms with van der Waals surface area (Å²) in [5.74, 6) is 0.646. The Balaban J connectivity index is 0.00000468. The number of nitrogens with two attached hydrogens (primary N) is 1. The Morgan fingerprint density at radius 1 is 1.16 bits per heavy atom. The third-order valence-electron chi connectivity index (χ3n) is 10.8. The lowest BCUT2D eigenvalue weighted by molar-refractivity contribution is -0.957. The number of ketones is 1. The number of amides is 4. The van der Waals surface area contributed by atoms with Crippen LogP contribution in [0.1, 0.15) is 49.3 Å². The maximum absolute atomic E-state index is 13.2. The topological polar surface area (TPSA) is 166 Å². The lowest BCUT2D eigenvalue weighted by Gasteiger charge is -2.60. The van der Waals surface area contributed by atoms with Crippen LogP contribution in [0.4, 0.5) is 4.79 Å². The molecule has 13 nitrogen and oxygen atoms in total. The number of likely N-dealkylation sites (N-methyl/N-ethyl adjacent to an activating group) is 2. The van der Waals surface area contributed by atoms with Crippen LogP contribution in [-0.4, -0.2) is 98.0 Å². The summed E-state index contributed by atoms with van der Waals surface area (Å²) >= 11 is 0. The molecule has 2 bridgehead atoms. The Bertz CT molecular complexity index is 1640. The normalized spacial score (nSPS) is 26.2. The van der Waals surface area contributed by atoms with E-state index < -0.39 is 36.0 Å². The summed E-state index contributed by atoms with van der Waals surface area (Å²) < 4.78 is 18.5. The van der Waals surface area contributed by atoms with Gasteiger partial charge < -0.3 is 52.4 Å². The highest BCUT2D eigenvalue weighted by Crippen LogP contribution is 2.64. The number of nitrogens with one attached hydrogen (secondary N) is 2. The van der Waals surface area contributed by atoms with Gasteiger partial charge >= 0.3 is 6.09 Å². The van der Waals surface area contributed by atoms with Gasteiger partial charge in [-0.3, -0.25) is 19.2 Å². The number of quaternary nitrogens is 1. The first-order valence-corrected chi connectivity index (χ1v) is 16.4. The largest absolute Gasteiger partial charge is 1.00 e. The van der Waals surface area contributed by atoms with Gasteiger partial charge in [-0.1, -0.05) is 6.07 Å². The van der Waals surface area contributed by atoms with Crippen LogP contribution in [0.25, 0.3) is 0 Å². The van der Waals surface area contributed by atoms with Crippen molar-refractivity contribution in [1.82, 2.24) is 15.5 Å². The second-order valence-electron chi connectivity index (χ2n) is 13.8. The number of Topliss-reactive ketones (excluding diaryl/α,β-unsaturated/α-hetero) is 1. The molecule has 1 saturated heterocycles. The zero-order valence-corrected chi connectivity index (χ0v) is 29.0. The van der Waals surface area contributed by atoms with Crippen molar-refractivity contribution >= 4 is 29.6 Å². The molecule has 2 aromatic carbocycles. The summed E-state index contributed by atoms with van der Waals surface area (Å²) in [5, 5.41) is 4.99. The van der Waals surface area contributed by atoms with Crippen LogP contribution in [0.15, 0.2) is 36.4 Å². The highest BCUT2D eigenvalue weighted by molar-refractivity contribution is 5.91. The second kappa shape index (κ2) is 13.9. The van der Waals surface area contributed by atoms with Crippen LogP contribution in [-0.2, 0) is 37.6 Å². The molecule has 1 saturated carbocycles. The number of benzene rings is 2. The first-order chi connectivity index (χ1) is 22.9. The molecule has 14 heteroatoms. The van der Waals surface area contributed by atoms with Crippen molar-refractivity contribution in [2.75, 3.05) is 40.8 Å². The van der Waals surface area contributed by atoms with E-state index in [1.54, 1.807) is 26.3 Å². The number of piperidine rings is 1. The third kappa shape index (κ3) is 6.53. The van der Waals surface area contributed by atoms with E-state index in [9.17, 15) is 24.0 Å². The number of primary amides is 1. The molecule has 2 aromatic rings. The monoisotopic (exact) mass is 697 g/mol. The van der Waals surface area contributed by atoms with E-state index in [1.165, 1.54) is 23.0 Å². The lowest BCUT2D eigenvalue weighted by Crippen LogP contribution is -3.00. The fourth-order valence-electron chi connectivity index (χ4n) is 8.61. The van der Waals surface area contributed by atoms with Crippen molar-refractivity contribution in [2.24, 2.45) is 11.7 Å². The maximum atomic E-state index is 13.2. The van der Waals surface area contributed by atoms with Crippen LogP contribution in [0.3, 0.4) is 0 Å². The van der Waals surface area contributed by atoms with Crippen molar-refractivity contribution < 1.29 is 55.1 Å². The van der Waals surface area contributed by atoms with Crippen LogP contribution in [0.2, 0.25) is 0 Å². The SMILES string of the molecule is COc1ccc2c3c1O[C@H]1C(=O)CC[C@H]4C(C2)[N@@+](C)(Cc2ccc(OC(=O)N(C)CCNC(=O)[C@H](CC(N)=O)NC(C)=O)cc2)CC[C@]314.[Cl-]. The fraction of sp³-hybridized carbons (Fsp3) is 0.514. The lowest BCUT2D eigenvalue weighted by atomic mass is 9.51. The van der Waals surface area contributed by atoms with Crippen molar-refractivity contribution in [1.29, 1.82) is 0 Å². The molecule has 2 heterocycles. The van der Waals surface area contributed by atoms with Crippen molar-refractivity contribution in [3.8, 4) is 17.2 Å². The summed E-state index contributed by atoms with van der Waals surface area (Å²) in [6.45, 7) is 3.18. The Morgan fingerprint density at radius 3 is 2.57 bits per heavy atom. The Kier molecular flexibility index (Phi) is 10.2. The van der Waals surface area contributed by atoms with Crippen LogP contribution < -0.4 is 43.0 Å². The number of carbonyl (C=O) groups is 5. The molecule has 2 aliphatic carbocycles. The number of halogens is 1. The minimum atomic E-state index is -1.09. The molecule has 1 spiro atoms. The van der Waals surface area contributed by atoms with Gasteiger partial charge in [-0.25, -0.2) is 4.79 Å². The maximum Gasteiger partial charge on any atom is 0.415 e. The highest BCUT2D eigenvalue weighted by atomic mass is 35.5. The van der Waals surface area contributed by atoms with Gasteiger partial charge in [0.1, 0.15) is 18.3 Å². The predicted octanol–water partition coefficient (Wildman–Crippen LogP) is -1.42. The number of nitrogens with zero attached hydrogens (tertiary/aromatic N) is 2. The smallest absolute Gasteiger partial charge is 0.415 e. The van der Waals surface area contributed by atoms with E-state index in [0.29, 0.717) is 29.9 Å². The Morgan fingerprint density at radius 2 is 1.90 bits per heavy atom. The summed E-state index contributed by atoms with van der Waals surface area (Å²) in [7, 11) is 5.52. The van der Waals surface area contributed by atoms with Gasteiger partial charge in [0, 0.05) is 63.4 Å². The first-order valence-electron chi connectivity index (χ1n) is 16.4. The summed E-state index contributed by atoms with van der Waals surface area (Å²) in [6, 6.07) is 10.9. The molecule has 4 N–H and O–H groups in total. The van der Waals surface area contributed by atoms with E-state index >= 15 is 0 Å². The van der Waals surface area contributed by atoms with Crippen molar-refractivity contribution in [3.63, 3.8) is 0 Å². The predicted molar refractivity (Wildman–Crippen MR) is 173 cm³/mol. The van der Waals surface area contributed by atoms with Crippen molar-refractivity contribution in [2.45, 2.75) is 69.2 Å². The minimum absolute atomic E-state index is 0. The number of hydrogen-bond donors (Lipinski definition) is 3. The summed E-state index contributed by atoms with van der Waals surface area (Å²) in [5.41, 5.74) is 8.48. The first kappa shape index (κ1) is 35.9. The minimum Gasteiger partial charge on any atom is -1.00 e. The van der Waals surface area contributed by atoms with E-state index in [2.05, 4.69) is 23.7 Å². The second-order valence-corrected chi connectivity index (χ2v) is 13.8. The standard InChI is InChI=1S/C35H43N5O8.ClH/c1-20(41)38-25(18-29(36)43)33(44)37-14-15-39(2)34(45)47-23-8-5-21(6-9-23)19-40(3)16-13-35-24-10-11-27(42)32(35)48-31-28(46-4)12-7-22(30(31)35)17-26(24)40;/h5-9,12,24-26,32H,10-11,13-19H2,1-4H3,(H3-,36,37,38,41,43,44);1H/t24-,25-,26?,32-,35-,40+;/m0./s1. The highest BCUT2D eigenvalue weighted by Gasteiger charge is 2.69. The number of methoxy groups -OCH3 is 1. The average molecular weight is 698 g/mol. The van der Waals surface area contributed by atoms with Crippen LogP contribution >= 0.6 is 0 Å². The number of ether oxygens (including phenoxy) is 3. The number of carbonyl (C=O) groups excluding carboxylic acids is 5. The zero-order chi connectivity index (χ0) is 34.4. The molecular formula is C35H44ClN5O8. The molecule has 1 unspecified atom stereocenters. The third-order valence-corrected chi connectivity index (χ3v) is 10.8. The molecule has 4 amide bonds. The van der Waals surface area contributed by atoms with Crippen LogP contribution in [0.5, 0.6) is 17.2 Å². The van der Waals surface area contributed by atoms with E-state index in [1.807, 2.05) is 18.2 Å². The molecule has 2 aliphatic heterocycles. The molecule has 264 valence electrons. The molecule has 0 radical (unpaired) electrons. The summed E-state index contributed by atoms with van der Waals surface area (Å²) in [4.78, 5) is 62.3. The van der Waals surface area contributed by atoms with Gasteiger partial charge in [-0.2, -0.15) is 0 Å². The van der Waals surface area contributed by atoms with Crippen molar-refractivity contribution in [3.05, 3.63) is 53.1 Å². The molecule has 6 rings (SSSR count). The number of rotatable bonds is 11. The number of hydrogen-bond acceptors (Lipinski definition) is 8. The van der Waals surface area contributed by atoms with Gasteiger partial charge in [-0.05, 0) is 42.3 Å². The number of likely N-dealkylation sites (tertiary alicyclic amines) is 1. The van der Waals surface area contributed by atoms with Gasteiger partial charge in [0.25, 0.3) is 0 Å². The zero-order valence-electron chi connectivity index (χ0n) is 28.3. The fourth-order valence-corrected chi connectivity index (χ4v) is 8.61. The molecule has 4 aliphatic rings. The van der Waals surface area contributed by atoms with Gasteiger partial charge in [0.05, 0.1) is 38.6 Å². The molecular weight excluding hydrogens is 654 g/mol. The van der Waals surface area contributed by atoms with E-state index in [-0.39, 0.29) is 43.1 Å². The Hall–Kier alpha value is -4.36. The summed E-state index contributed by atoms with van der Waals surface area (Å²) in [6.07, 6.45) is 1.82. The molecule has 6 atom stereocenters. The Labute approximate surface area is 291 Å². The van der Waals surface area contributed by atoms with Gasteiger partial charge in [-0.15, -0.1) is 0 Å². The molecule has 2 fully saturated rings. The molecule has 49 heavy (non-hydrogen) atoms. The van der Waals surface area contributed by atoms with Gasteiger partial charge in [0.15, 0.2) is 23.4 Å². The molecule has 0 aromatic heterocycles. The average Bonchev–Trinajstić information content (AvgIpc) is 3.40. The van der Waals surface area contributed by atoms with Gasteiger partial charge in [0.2, 0.25) is 17.7 Å². The van der Waals surface area contributed by atoms with Crippen LogP contribution in [0, 0.1) is 5.92 Å². The van der Waals surface area contributed by atoms with E-state index in [0.717, 1.165) is 48.1 Å².